The number of aromatic nitrogens is 1. The van der Waals surface area contributed by atoms with Crippen molar-refractivity contribution in [2.24, 2.45) is 5.92 Å². The molecule has 0 saturated carbocycles. The van der Waals surface area contributed by atoms with Gasteiger partial charge in [0.1, 0.15) is 0 Å². The van der Waals surface area contributed by atoms with E-state index >= 15 is 0 Å². The number of carbonyl (C=O) groups excluding carboxylic acids is 1. The van der Waals surface area contributed by atoms with Crippen LogP contribution in [-0.4, -0.2) is 36.7 Å². The summed E-state index contributed by atoms with van der Waals surface area (Å²) in [5.74, 6) is -0.278. The van der Waals surface area contributed by atoms with Crippen molar-refractivity contribution >= 4 is 32.4 Å². The smallest absolute Gasteiger partial charge is 0.243 e. The van der Waals surface area contributed by atoms with E-state index in [-0.39, 0.29) is 17.2 Å². The maximum Gasteiger partial charge on any atom is 0.243 e. The Morgan fingerprint density at radius 1 is 1.19 bits per heavy atom. The van der Waals surface area contributed by atoms with Gasteiger partial charge in [0.05, 0.1) is 4.90 Å². The van der Waals surface area contributed by atoms with Gasteiger partial charge in [0.15, 0.2) is 5.13 Å². The van der Waals surface area contributed by atoms with Gasteiger partial charge in [-0.2, -0.15) is 4.31 Å². The van der Waals surface area contributed by atoms with Crippen molar-refractivity contribution in [3.8, 4) is 0 Å². The standard InChI is InChI=1S/C19H25N3O3S2/c1-19(2,3)15-4-6-16(7-5-15)27(24,25)22-11-8-14(9-12-22)17(23)21-18-20-10-13-26-18/h4-7,10,13-14H,8-9,11-12H2,1-3H3,(H,20,21,23). The molecule has 1 saturated heterocycles. The number of nitrogens with one attached hydrogen (secondary N) is 1. The molecule has 8 heteroatoms. The van der Waals surface area contributed by atoms with Crippen LogP contribution in [0.15, 0.2) is 40.7 Å². The van der Waals surface area contributed by atoms with Crippen molar-refractivity contribution in [2.45, 2.75) is 43.9 Å². The number of hydrogen-bond acceptors (Lipinski definition) is 5. The van der Waals surface area contributed by atoms with Crippen molar-refractivity contribution in [1.82, 2.24) is 9.29 Å². The zero-order chi connectivity index (χ0) is 19.7. The molecule has 0 aliphatic carbocycles. The Bertz CT molecular complexity index is 877. The van der Waals surface area contributed by atoms with E-state index in [2.05, 4.69) is 31.1 Å². The summed E-state index contributed by atoms with van der Waals surface area (Å²) in [6, 6.07) is 7.11. The van der Waals surface area contributed by atoms with Gasteiger partial charge >= 0.3 is 0 Å². The zero-order valence-electron chi connectivity index (χ0n) is 15.8. The molecule has 1 amide bonds. The molecule has 6 nitrogen and oxygen atoms in total. The van der Waals surface area contributed by atoms with E-state index in [4.69, 9.17) is 0 Å². The highest BCUT2D eigenvalue weighted by Gasteiger charge is 2.32. The van der Waals surface area contributed by atoms with Crippen molar-refractivity contribution in [3.05, 3.63) is 41.4 Å². The minimum Gasteiger partial charge on any atom is -0.302 e. The Hall–Kier alpha value is -1.77. The van der Waals surface area contributed by atoms with E-state index in [0.717, 1.165) is 5.56 Å². The van der Waals surface area contributed by atoms with Crippen LogP contribution in [0.25, 0.3) is 0 Å². The van der Waals surface area contributed by atoms with Gasteiger partial charge in [-0.15, -0.1) is 11.3 Å². The van der Waals surface area contributed by atoms with Crippen LogP contribution in [0.5, 0.6) is 0 Å². The van der Waals surface area contributed by atoms with E-state index in [1.54, 1.807) is 23.7 Å². The molecule has 27 heavy (non-hydrogen) atoms. The van der Waals surface area contributed by atoms with Crippen LogP contribution in [0.2, 0.25) is 0 Å². The van der Waals surface area contributed by atoms with Gasteiger partial charge in [-0.3, -0.25) is 4.79 Å². The molecule has 1 aliphatic rings. The second-order valence-corrected chi connectivity index (χ2v) is 10.6. The first-order valence-corrected chi connectivity index (χ1v) is 11.3. The Morgan fingerprint density at radius 3 is 2.33 bits per heavy atom. The topological polar surface area (TPSA) is 79.4 Å². The van der Waals surface area contributed by atoms with Crippen LogP contribution in [-0.2, 0) is 20.2 Å². The number of thiazole rings is 1. The molecule has 0 bridgehead atoms. The first-order valence-electron chi connectivity index (χ1n) is 8.99. The lowest BCUT2D eigenvalue weighted by Gasteiger charge is -2.30. The SMILES string of the molecule is CC(C)(C)c1ccc(S(=O)(=O)N2CCC(C(=O)Nc3nccs3)CC2)cc1. The highest BCUT2D eigenvalue weighted by Crippen LogP contribution is 2.27. The van der Waals surface area contributed by atoms with E-state index in [1.165, 1.54) is 15.6 Å². The molecule has 1 aromatic carbocycles. The molecule has 3 rings (SSSR count). The average Bonchev–Trinajstić information content (AvgIpc) is 3.14. The predicted octanol–water partition coefficient (Wildman–Crippen LogP) is 3.48. The van der Waals surface area contributed by atoms with E-state index < -0.39 is 10.0 Å². The molecule has 1 aromatic heterocycles. The lowest BCUT2D eigenvalue weighted by molar-refractivity contribution is -0.120. The number of amides is 1. The first-order chi connectivity index (χ1) is 12.7. The Kier molecular flexibility index (Phi) is 5.69. The second-order valence-electron chi connectivity index (χ2n) is 7.78. The summed E-state index contributed by atoms with van der Waals surface area (Å²) in [6.45, 7) is 6.98. The van der Waals surface area contributed by atoms with Crippen LogP contribution in [0.4, 0.5) is 5.13 Å². The van der Waals surface area contributed by atoms with Gasteiger partial charge in [-0.25, -0.2) is 13.4 Å². The highest BCUT2D eigenvalue weighted by molar-refractivity contribution is 7.89. The molecule has 0 atom stereocenters. The van der Waals surface area contributed by atoms with Crippen molar-refractivity contribution in [3.63, 3.8) is 0 Å². The second kappa shape index (κ2) is 7.69. The number of sulfonamides is 1. The van der Waals surface area contributed by atoms with Gasteiger partial charge in [0.25, 0.3) is 0 Å². The molecular formula is C19H25N3O3S2. The summed E-state index contributed by atoms with van der Waals surface area (Å²) in [5.41, 5.74) is 1.07. The number of benzene rings is 1. The molecule has 0 unspecified atom stereocenters. The Morgan fingerprint density at radius 2 is 1.81 bits per heavy atom. The van der Waals surface area contributed by atoms with Crippen LogP contribution >= 0.6 is 11.3 Å². The van der Waals surface area contributed by atoms with Crippen LogP contribution < -0.4 is 5.32 Å². The van der Waals surface area contributed by atoms with Crippen LogP contribution in [0, 0.1) is 5.92 Å². The van der Waals surface area contributed by atoms with Gasteiger partial charge in [-0.1, -0.05) is 32.9 Å². The summed E-state index contributed by atoms with van der Waals surface area (Å²) >= 11 is 1.37. The third-order valence-electron chi connectivity index (χ3n) is 4.85. The number of piperidine rings is 1. The lowest BCUT2D eigenvalue weighted by Crippen LogP contribution is -2.41. The molecule has 1 aliphatic heterocycles. The number of rotatable bonds is 4. The minimum atomic E-state index is -3.53. The maximum atomic E-state index is 12.9. The first kappa shape index (κ1) is 20.0. The zero-order valence-corrected chi connectivity index (χ0v) is 17.4. The monoisotopic (exact) mass is 407 g/mol. The molecule has 0 spiro atoms. The summed E-state index contributed by atoms with van der Waals surface area (Å²) in [4.78, 5) is 16.7. The predicted molar refractivity (Wildman–Crippen MR) is 107 cm³/mol. The number of anilines is 1. The fourth-order valence-electron chi connectivity index (χ4n) is 3.13. The normalized spacial score (nSPS) is 17.0. The fourth-order valence-corrected chi connectivity index (χ4v) is 5.13. The lowest BCUT2D eigenvalue weighted by atomic mass is 9.87. The number of hydrogen-bond donors (Lipinski definition) is 1. The summed E-state index contributed by atoms with van der Waals surface area (Å²) in [5, 5.41) is 5.18. The summed E-state index contributed by atoms with van der Waals surface area (Å²) < 4.78 is 27.3. The van der Waals surface area contributed by atoms with E-state index in [9.17, 15) is 13.2 Å². The molecule has 146 valence electrons. The summed E-state index contributed by atoms with van der Waals surface area (Å²) in [6.07, 6.45) is 2.66. The van der Waals surface area contributed by atoms with Crippen molar-refractivity contribution < 1.29 is 13.2 Å². The highest BCUT2D eigenvalue weighted by atomic mass is 32.2. The van der Waals surface area contributed by atoms with Gasteiger partial charge in [0.2, 0.25) is 15.9 Å². The Balaban J connectivity index is 1.63. The molecule has 2 aromatic rings. The maximum absolute atomic E-state index is 12.9. The Labute approximate surface area is 164 Å². The minimum absolute atomic E-state index is 0.0224. The van der Waals surface area contributed by atoms with Gasteiger partial charge in [-0.05, 0) is 36.0 Å². The molecule has 1 N–H and O–H groups in total. The summed E-state index contributed by atoms with van der Waals surface area (Å²) in [7, 11) is -3.53. The van der Waals surface area contributed by atoms with E-state index in [1.807, 2.05) is 12.1 Å². The molecular weight excluding hydrogens is 382 g/mol. The van der Waals surface area contributed by atoms with Crippen LogP contribution in [0.3, 0.4) is 0 Å². The van der Waals surface area contributed by atoms with Crippen LogP contribution in [0.1, 0.15) is 39.2 Å². The van der Waals surface area contributed by atoms with Crippen molar-refractivity contribution in [1.29, 1.82) is 0 Å². The quantitative estimate of drug-likeness (QED) is 0.841. The average molecular weight is 408 g/mol. The van der Waals surface area contributed by atoms with E-state index in [0.29, 0.717) is 36.0 Å². The molecule has 1 fully saturated rings. The third kappa shape index (κ3) is 4.56. The number of carbonyl (C=O) groups is 1. The fraction of sp³-hybridized carbons (Fsp3) is 0.474. The van der Waals surface area contributed by atoms with Gasteiger partial charge in [0, 0.05) is 30.6 Å². The van der Waals surface area contributed by atoms with Gasteiger partial charge < -0.3 is 5.32 Å². The number of nitrogens with zero attached hydrogens (tertiary/aromatic N) is 2. The molecule has 0 radical (unpaired) electrons. The largest absolute Gasteiger partial charge is 0.302 e. The third-order valence-corrected chi connectivity index (χ3v) is 7.45. The van der Waals surface area contributed by atoms with Crippen molar-refractivity contribution in [2.75, 3.05) is 18.4 Å². The molecule has 2 heterocycles.